The lowest BCUT2D eigenvalue weighted by Crippen LogP contribution is -2.48. The van der Waals surface area contributed by atoms with Gasteiger partial charge in [0, 0.05) is 19.1 Å². The van der Waals surface area contributed by atoms with Crippen molar-refractivity contribution in [3.8, 4) is 10.7 Å². The molecule has 0 saturated carbocycles. The second-order valence-corrected chi connectivity index (χ2v) is 7.95. The average molecular weight is 351 g/mol. The monoisotopic (exact) mass is 350 g/mol. The predicted octanol–water partition coefficient (Wildman–Crippen LogP) is 3.43. The first-order valence-electron chi connectivity index (χ1n) is 7.95. The van der Waals surface area contributed by atoms with Crippen LogP contribution in [0.15, 0.2) is 22.7 Å². The number of carbonyl (C=O) groups is 1. The molecule has 1 aliphatic rings. The smallest absolute Gasteiger partial charge is 0.233 e. The summed E-state index contributed by atoms with van der Waals surface area (Å²) in [6.45, 7) is 4.30. The maximum absolute atomic E-state index is 12.6. The quantitative estimate of drug-likeness (QED) is 0.793. The summed E-state index contributed by atoms with van der Waals surface area (Å²) < 4.78 is 1.97. The van der Waals surface area contributed by atoms with E-state index in [1.807, 2.05) is 34.0 Å². The van der Waals surface area contributed by atoms with Crippen molar-refractivity contribution < 1.29 is 4.79 Å². The number of carbonyl (C=O) groups excluding carboxylic acids is 1. The van der Waals surface area contributed by atoms with Gasteiger partial charge in [-0.1, -0.05) is 17.8 Å². The van der Waals surface area contributed by atoms with Gasteiger partial charge in [-0.15, -0.1) is 21.5 Å². The third kappa shape index (κ3) is 3.45. The van der Waals surface area contributed by atoms with Gasteiger partial charge >= 0.3 is 0 Å². The van der Waals surface area contributed by atoms with E-state index in [0.29, 0.717) is 17.8 Å². The maximum atomic E-state index is 12.6. The van der Waals surface area contributed by atoms with E-state index in [2.05, 4.69) is 24.0 Å². The molecule has 0 radical (unpaired) electrons. The van der Waals surface area contributed by atoms with Crippen LogP contribution in [0, 0.1) is 0 Å². The minimum absolute atomic E-state index is 0.204. The molecule has 2 aromatic rings. The van der Waals surface area contributed by atoms with Gasteiger partial charge in [0.1, 0.15) is 0 Å². The fraction of sp³-hybridized carbons (Fsp3) is 0.562. The van der Waals surface area contributed by atoms with E-state index in [1.54, 1.807) is 11.3 Å². The van der Waals surface area contributed by atoms with Gasteiger partial charge < -0.3 is 9.47 Å². The number of likely N-dealkylation sites (tertiary alicyclic amines) is 1. The molecule has 1 fully saturated rings. The molecular formula is C16H22N4OS2. The molecule has 0 unspecified atom stereocenters. The molecule has 3 rings (SSSR count). The van der Waals surface area contributed by atoms with E-state index in [4.69, 9.17) is 0 Å². The van der Waals surface area contributed by atoms with Crippen molar-refractivity contribution in [2.45, 2.75) is 50.4 Å². The van der Waals surface area contributed by atoms with Crippen LogP contribution in [0.3, 0.4) is 0 Å². The average Bonchev–Trinajstić information content (AvgIpc) is 3.14. The first-order chi connectivity index (χ1) is 11.1. The third-order valence-electron chi connectivity index (χ3n) is 4.38. The lowest BCUT2D eigenvalue weighted by atomic mass is 9.98. The molecular weight excluding hydrogens is 328 g/mol. The number of hydrogen-bond donors (Lipinski definition) is 0. The van der Waals surface area contributed by atoms with Crippen molar-refractivity contribution in [3.05, 3.63) is 17.5 Å². The fourth-order valence-corrected chi connectivity index (χ4v) is 4.70. The summed E-state index contributed by atoms with van der Waals surface area (Å²) in [6.07, 6.45) is 3.42. The zero-order chi connectivity index (χ0) is 16.4. The summed E-state index contributed by atoms with van der Waals surface area (Å²) >= 11 is 3.12. The molecule has 23 heavy (non-hydrogen) atoms. The minimum atomic E-state index is 0.204. The highest BCUT2D eigenvalue weighted by Gasteiger charge is 2.29. The highest BCUT2D eigenvalue weighted by Crippen LogP contribution is 2.27. The van der Waals surface area contributed by atoms with Crippen molar-refractivity contribution in [2.24, 2.45) is 7.05 Å². The normalized spacial score (nSPS) is 21.6. The van der Waals surface area contributed by atoms with Crippen LogP contribution in [-0.4, -0.2) is 43.4 Å². The van der Waals surface area contributed by atoms with Gasteiger partial charge in [0.15, 0.2) is 11.0 Å². The Morgan fingerprint density at radius 3 is 2.74 bits per heavy atom. The highest BCUT2D eigenvalue weighted by molar-refractivity contribution is 7.99. The molecule has 0 aromatic carbocycles. The second kappa shape index (κ2) is 7.05. The second-order valence-electron chi connectivity index (χ2n) is 6.06. The Balaban J connectivity index is 1.65. The largest absolute Gasteiger partial charge is 0.337 e. The first-order valence-corrected chi connectivity index (χ1v) is 9.81. The molecule has 0 N–H and O–H groups in total. The number of piperidine rings is 1. The summed E-state index contributed by atoms with van der Waals surface area (Å²) in [7, 11) is 1.95. The van der Waals surface area contributed by atoms with Crippen LogP contribution in [0.5, 0.6) is 0 Å². The molecule has 2 atom stereocenters. The first kappa shape index (κ1) is 16.5. The molecule has 3 heterocycles. The van der Waals surface area contributed by atoms with Crippen LogP contribution in [-0.2, 0) is 11.8 Å². The molecule has 124 valence electrons. The lowest BCUT2D eigenvalue weighted by Gasteiger charge is -2.39. The summed E-state index contributed by atoms with van der Waals surface area (Å²) in [6, 6.07) is 4.72. The number of hydrogen-bond acceptors (Lipinski definition) is 5. The van der Waals surface area contributed by atoms with Crippen LogP contribution in [0.2, 0.25) is 0 Å². The standard InChI is InChI=1S/C16H22N4OS2/c1-11-6-4-7-12(2)20(11)14(21)10-23-16-18-17-15(19(16)3)13-8-5-9-22-13/h5,8-9,11-12H,4,6-7,10H2,1-3H3/t11-,12+. The van der Waals surface area contributed by atoms with Crippen LogP contribution in [0.4, 0.5) is 0 Å². The minimum Gasteiger partial charge on any atom is -0.337 e. The van der Waals surface area contributed by atoms with Gasteiger partial charge in [0.2, 0.25) is 5.91 Å². The Bertz CT molecular complexity index is 658. The zero-order valence-electron chi connectivity index (χ0n) is 13.7. The van der Waals surface area contributed by atoms with Gasteiger partial charge in [-0.3, -0.25) is 4.79 Å². The van der Waals surface area contributed by atoms with Crippen LogP contribution < -0.4 is 0 Å². The molecule has 1 aliphatic heterocycles. The maximum Gasteiger partial charge on any atom is 0.233 e. The van der Waals surface area contributed by atoms with Crippen molar-refractivity contribution >= 4 is 29.0 Å². The molecule has 1 saturated heterocycles. The SMILES string of the molecule is C[C@@H]1CCC[C@H](C)N1C(=O)CSc1nnc(-c2cccs2)n1C. The summed E-state index contributed by atoms with van der Waals surface area (Å²) in [5.74, 6) is 1.48. The molecule has 0 bridgehead atoms. The fourth-order valence-electron chi connectivity index (χ4n) is 3.17. The number of nitrogens with zero attached hydrogens (tertiary/aromatic N) is 4. The number of thiophene rings is 1. The Morgan fingerprint density at radius 2 is 2.09 bits per heavy atom. The topological polar surface area (TPSA) is 51.0 Å². The van der Waals surface area contributed by atoms with Crippen molar-refractivity contribution in [1.29, 1.82) is 0 Å². The van der Waals surface area contributed by atoms with Gasteiger partial charge in [0.25, 0.3) is 0 Å². The van der Waals surface area contributed by atoms with Crippen molar-refractivity contribution in [2.75, 3.05) is 5.75 Å². The number of amides is 1. The van der Waals surface area contributed by atoms with Gasteiger partial charge in [-0.2, -0.15) is 0 Å². The van der Waals surface area contributed by atoms with Crippen molar-refractivity contribution in [3.63, 3.8) is 0 Å². The Morgan fingerprint density at radius 1 is 1.35 bits per heavy atom. The molecule has 2 aromatic heterocycles. The molecule has 0 aliphatic carbocycles. The van der Waals surface area contributed by atoms with Crippen LogP contribution in [0.1, 0.15) is 33.1 Å². The number of aromatic nitrogens is 3. The van der Waals surface area contributed by atoms with E-state index in [-0.39, 0.29) is 5.91 Å². The third-order valence-corrected chi connectivity index (χ3v) is 6.25. The van der Waals surface area contributed by atoms with E-state index in [0.717, 1.165) is 28.7 Å². The molecule has 5 nitrogen and oxygen atoms in total. The zero-order valence-corrected chi connectivity index (χ0v) is 15.4. The number of thioether (sulfide) groups is 1. The number of rotatable bonds is 4. The van der Waals surface area contributed by atoms with E-state index in [1.165, 1.54) is 18.2 Å². The molecule has 0 spiro atoms. The highest BCUT2D eigenvalue weighted by atomic mass is 32.2. The summed E-state index contributed by atoms with van der Waals surface area (Å²) in [4.78, 5) is 15.7. The van der Waals surface area contributed by atoms with E-state index < -0.39 is 0 Å². The predicted molar refractivity (Wildman–Crippen MR) is 94.7 cm³/mol. The van der Waals surface area contributed by atoms with Gasteiger partial charge in [0.05, 0.1) is 10.6 Å². The summed E-state index contributed by atoms with van der Waals surface area (Å²) in [5.41, 5.74) is 0. The van der Waals surface area contributed by atoms with Gasteiger partial charge in [-0.25, -0.2) is 0 Å². The van der Waals surface area contributed by atoms with Crippen molar-refractivity contribution in [1.82, 2.24) is 19.7 Å². The van der Waals surface area contributed by atoms with Gasteiger partial charge in [-0.05, 0) is 44.6 Å². The van der Waals surface area contributed by atoms with Crippen LogP contribution in [0.25, 0.3) is 10.7 Å². The van der Waals surface area contributed by atoms with E-state index in [9.17, 15) is 4.79 Å². The Hall–Kier alpha value is -1.34. The molecule has 7 heteroatoms. The Labute approximate surface area is 145 Å². The lowest BCUT2D eigenvalue weighted by molar-refractivity contribution is -0.134. The Kier molecular flexibility index (Phi) is 5.06. The molecule has 1 amide bonds. The summed E-state index contributed by atoms with van der Waals surface area (Å²) in [5, 5.41) is 11.3. The van der Waals surface area contributed by atoms with E-state index >= 15 is 0 Å². The van der Waals surface area contributed by atoms with Crippen LogP contribution >= 0.6 is 23.1 Å².